The number of aromatic nitrogens is 3. The summed E-state index contributed by atoms with van der Waals surface area (Å²) in [4.78, 5) is 17.5. The highest BCUT2D eigenvalue weighted by Gasteiger charge is 2.50. The van der Waals surface area contributed by atoms with Crippen molar-refractivity contribution < 1.29 is 9.53 Å². The fourth-order valence-electron chi connectivity index (χ4n) is 4.64. The number of ether oxygens (including phenoxy) is 1. The van der Waals surface area contributed by atoms with Crippen LogP contribution in [0, 0.1) is 0 Å². The molecule has 1 amide bonds. The van der Waals surface area contributed by atoms with Gasteiger partial charge in [-0.1, -0.05) is 18.2 Å². The summed E-state index contributed by atoms with van der Waals surface area (Å²) in [5.41, 5.74) is 3.59. The first kappa shape index (κ1) is 17.2. The van der Waals surface area contributed by atoms with Crippen molar-refractivity contribution in [3.8, 4) is 17.0 Å². The fourth-order valence-corrected chi connectivity index (χ4v) is 4.64. The highest BCUT2D eigenvalue weighted by molar-refractivity contribution is 6.06. The van der Waals surface area contributed by atoms with Crippen molar-refractivity contribution in [2.24, 2.45) is 7.05 Å². The molecule has 1 N–H and O–H groups in total. The van der Waals surface area contributed by atoms with Crippen LogP contribution in [0.1, 0.15) is 35.3 Å². The number of rotatable bonds is 2. The summed E-state index contributed by atoms with van der Waals surface area (Å²) >= 11 is 0. The third-order valence-electron chi connectivity index (χ3n) is 6.23. The van der Waals surface area contributed by atoms with Gasteiger partial charge in [0.25, 0.3) is 5.91 Å². The monoisotopic (exact) mass is 396 g/mol. The van der Waals surface area contributed by atoms with Crippen LogP contribution in [0.5, 0.6) is 5.75 Å². The molecule has 1 spiro atoms. The van der Waals surface area contributed by atoms with Crippen molar-refractivity contribution in [2.45, 2.75) is 24.9 Å². The van der Waals surface area contributed by atoms with Crippen LogP contribution in [0.2, 0.25) is 0 Å². The van der Waals surface area contributed by atoms with E-state index in [1.807, 2.05) is 66.5 Å². The van der Waals surface area contributed by atoms with Crippen LogP contribution < -0.4 is 10.1 Å². The lowest BCUT2D eigenvalue weighted by Gasteiger charge is -2.45. The topological polar surface area (TPSA) is 69.0 Å². The number of nitrogens with one attached hydrogen (secondary N) is 1. The van der Waals surface area contributed by atoms with Crippen molar-refractivity contribution in [1.29, 1.82) is 0 Å². The Morgan fingerprint density at radius 2 is 2.00 bits per heavy atom. The number of amides is 1. The predicted molar refractivity (Wildman–Crippen MR) is 114 cm³/mol. The Hall–Kier alpha value is -3.67. The largest absolute Gasteiger partial charge is 0.482 e. The number of aryl methyl sites for hydroxylation is 1. The Bertz CT molecular complexity index is 1320. The van der Waals surface area contributed by atoms with Crippen molar-refractivity contribution >= 4 is 22.4 Å². The van der Waals surface area contributed by atoms with Gasteiger partial charge in [0, 0.05) is 36.1 Å². The van der Waals surface area contributed by atoms with E-state index in [0.717, 1.165) is 58.3 Å². The first-order valence-electron chi connectivity index (χ1n) is 10.2. The molecule has 3 heterocycles. The van der Waals surface area contributed by atoms with Crippen molar-refractivity contribution in [3.63, 3.8) is 0 Å². The number of para-hydroxylation sites is 1. The second-order valence-electron chi connectivity index (χ2n) is 8.03. The molecule has 1 aliphatic carbocycles. The minimum atomic E-state index is -0.459. The van der Waals surface area contributed by atoms with Crippen LogP contribution in [0.3, 0.4) is 0 Å². The Kier molecular flexibility index (Phi) is 3.53. The number of anilines is 1. The number of carbonyl (C=O) groups is 1. The molecular weight excluding hydrogens is 376 g/mol. The quantitative estimate of drug-likeness (QED) is 0.535. The zero-order valence-corrected chi connectivity index (χ0v) is 16.6. The van der Waals surface area contributed by atoms with Gasteiger partial charge in [-0.15, -0.1) is 0 Å². The summed E-state index contributed by atoms with van der Waals surface area (Å²) in [5.74, 6) is 0.650. The van der Waals surface area contributed by atoms with E-state index in [1.54, 1.807) is 6.20 Å². The average molecular weight is 396 g/mol. The SMILES string of the molecule is Cn1nc(C(=O)Nc2ccc3cnccc3c2)c2c1-c1ccccc1OC21CCC1. The molecule has 6 nitrogen and oxygen atoms in total. The third kappa shape index (κ3) is 2.40. The molecule has 0 atom stereocenters. The van der Waals surface area contributed by atoms with Crippen LogP contribution in [0.4, 0.5) is 5.69 Å². The van der Waals surface area contributed by atoms with E-state index in [4.69, 9.17) is 4.74 Å². The molecule has 30 heavy (non-hydrogen) atoms. The smallest absolute Gasteiger partial charge is 0.276 e. The van der Waals surface area contributed by atoms with Gasteiger partial charge in [-0.3, -0.25) is 14.5 Å². The second-order valence-corrected chi connectivity index (χ2v) is 8.03. The Labute approximate surface area is 173 Å². The first-order valence-corrected chi connectivity index (χ1v) is 10.2. The maximum atomic E-state index is 13.3. The van der Waals surface area contributed by atoms with Crippen molar-refractivity contribution in [2.75, 3.05) is 5.32 Å². The van der Waals surface area contributed by atoms with Gasteiger partial charge in [0.1, 0.15) is 11.4 Å². The second kappa shape index (κ2) is 6.16. The minimum Gasteiger partial charge on any atom is -0.482 e. The number of hydrogen-bond acceptors (Lipinski definition) is 4. The maximum absolute atomic E-state index is 13.3. The molecule has 0 unspecified atom stereocenters. The van der Waals surface area contributed by atoms with Gasteiger partial charge in [0.2, 0.25) is 0 Å². The molecule has 1 aliphatic heterocycles. The van der Waals surface area contributed by atoms with E-state index in [-0.39, 0.29) is 5.91 Å². The Morgan fingerprint density at radius 1 is 1.13 bits per heavy atom. The molecule has 1 fully saturated rings. The summed E-state index contributed by atoms with van der Waals surface area (Å²) < 4.78 is 8.27. The molecule has 0 radical (unpaired) electrons. The molecule has 2 aromatic heterocycles. The lowest BCUT2D eigenvalue weighted by Crippen LogP contribution is -2.43. The van der Waals surface area contributed by atoms with Crippen LogP contribution in [-0.4, -0.2) is 20.7 Å². The van der Waals surface area contributed by atoms with Gasteiger partial charge < -0.3 is 10.1 Å². The minimum absolute atomic E-state index is 0.213. The molecule has 6 heteroatoms. The van der Waals surface area contributed by atoms with Gasteiger partial charge in [-0.05, 0) is 55.0 Å². The standard InChI is InChI=1S/C24H20N4O2/c1-28-22-18-5-2-3-6-19(18)30-24(10-4-11-24)20(22)21(27-28)23(29)26-17-8-7-16-14-25-12-9-15(16)13-17/h2-3,5-9,12-14H,4,10-11H2,1H3,(H,26,29). The summed E-state index contributed by atoms with van der Waals surface area (Å²) in [6.07, 6.45) is 6.42. The van der Waals surface area contributed by atoms with Crippen molar-refractivity contribution in [3.05, 3.63) is 72.2 Å². The van der Waals surface area contributed by atoms with E-state index < -0.39 is 5.60 Å². The first-order chi connectivity index (χ1) is 14.6. The summed E-state index contributed by atoms with van der Waals surface area (Å²) in [7, 11) is 1.90. The molecule has 1 saturated carbocycles. The maximum Gasteiger partial charge on any atom is 0.276 e. The number of nitrogens with zero attached hydrogens (tertiary/aromatic N) is 3. The Morgan fingerprint density at radius 3 is 2.83 bits per heavy atom. The molecule has 0 bridgehead atoms. The molecular formula is C24H20N4O2. The zero-order chi connectivity index (χ0) is 20.3. The van der Waals surface area contributed by atoms with Gasteiger partial charge in [0.15, 0.2) is 5.69 Å². The summed E-state index contributed by atoms with van der Waals surface area (Å²) in [6, 6.07) is 15.7. The van der Waals surface area contributed by atoms with E-state index >= 15 is 0 Å². The summed E-state index contributed by atoms with van der Waals surface area (Å²) in [5, 5.41) is 9.73. The van der Waals surface area contributed by atoms with Gasteiger partial charge in [-0.25, -0.2) is 0 Å². The lowest BCUT2D eigenvalue weighted by atomic mass is 9.71. The molecule has 6 rings (SSSR count). The Balaban J connectivity index is 1.44. The number of carbonyl (C=O) groups excluding carboxylic acids is 1. The van der Waals surface area contributed by atoms with E-state index in [2.05, 4.69) is 15.4 Å². The third-order valence-corrected chi connectivity index (χ3v) is 6.23. The average Bonchev–Trinajstić information content (AvgIpc) is 3.10. The molecule has 148 valence electrons. The molecule has 2 aromatic carbocycles. The van der Waals surface area contributed by atoms with Crippen LogP contribution in [-0.2, 0) is 12.6 Å². The number of hydrogen-bond donors (Lipinski definition) is 1. The lowest BCUT2D eigenvalue weighted by molar-refractivity contribution is -0.0150. The van der Waals surface area contributed by atoms with E-state index in [1.165, 1.54) is 0 Å². The fraction of sp³-hybridized carbons (Fsp3) is 0.208. The number of benzene rings is 2. The zero-order valence-electron chi connectivity index (χ0n) is 16.6. The van der Waals surface area contributed by atoms with E-state index in [0.29, 0.717) is 5.69 Å². The molecule has 0 saturated heterocycles. The normalized spacial score (nSPS) is 15.8. The molecule has 4 aromatic rings. The van der Waals surface area contributed by atoms with Crippen LogP contribution in [0.25, 0.3) is 22.0 Å². The highest BCUT2D eigenvalue weighted by Crippen LogP contribution is 2.54. The number of fused-ring (bicyclic) bond motifs is 5. The van der Waals surface area contributed by atoms with Gasteiger partial charge >= 0.3 is 0 Å². The van der Waals surface area contributed by atoms with Crippen molar-refractivity contribution in [1.82, 2.24) is 14.8 Å². The predicted octanol–water partition coefficient (Wildman–Crippen LogP) is 4.66. The van der Waals surface area contributed by atoms with Crippen LogP contribution in [0.15, 0.2) is 60.9 Å². The van der Waals surface area contributed by atoms with Gasteiger partial charge in [0.05, 0.1) is 11.3 Å². The summed E-state index contributed by atoms with van der Waals surface area (Å²) in [6.45, 7) is 0. The highest BCUT2D eigenvalue weighted by atomic mass is 16.5. The molecule has 2 aliphatic rings. The van der Waals surface area contributed by atoms with Gasteiger partial charge in [-0.2, -0.15) is 5.10 Å². The van der Waals surface area contributed by atoms with E-state index in [9.17, 15) is 4.79 Å². The number of pyridine rings is 1. The van der Waals surface area contributed by atoms with Crippen LogP contribution >= 0.6 is 0 Å².